The monoisotopic (exact) mass is 485 g/mol. The largest absolute Gasteiger partial charge is 0.467 e. The number of H-pyrrole nitrogens is 1. The van der Waals surface area contributed by atoms with Crippen LogP contribution in [0.3, 0.4) is 0 Å². The van der Waals surface area contributed by atoms with Crippen molar-refractivity contribution in [3.8, 4) is 5.69 Å². The van der Waals surface area contributed by atoms with E-state index in [4.69, 9.17) is 21.1 Å². The van der Waals surface area contributed by atoms with Gasteiger partial charge in [0, 0.05) is 5.56 Å². The van der Waals surface area contributed by atoms with Crippen LogP contribution in [0.5, 0.6) is 0 Å². The number of carbonyl (C=O) groups is 1. The number of aromatic amines is 1. The van der Waals surface area contributed by atoms with Gasteiger partial charge in [-0.05, 0) is 85.7 Å². The highest BCUT2D eigenvalue weighted by atomic mass is 32.1. The highest BCUT2D eigenvalue weighted by molar-refractivity contribution is 7.71. The molecule has 3 aromatic heterocycles. The smallest absolute Gasteiger partial charge is 0.266 e. The minimum atomic E-state index is -0.237. The first-order chi connectivity index (χ1) is 16.9. The Labute approximate surface area is 206 Å². The Morgan fingerprint density at radius 3 is 2.29 bits per heavy atom. The molecule has 0 unspecified atom stereocenters. The molecule has 0 bridgehead atoms. The van der Waals surface area contributed by atoms with Crippen LogP contribution in [0.1, 0.15) is 33.0 Å². The van der Waals surface area contributed by atoms with Crippen molar-refractivity contribution < 1.29 is 13.6 Å². The van der Waals surface area contributed by atoms with Crippen LogP contribution in [0, 0.1) is 18.6 Å². The van der Waals surface area contributed by atoms with E-state index in [0.29, 0.717) is 28.0 Å². The van der Waals surface area contributed by atoms with Gasteiger partial charge in [-0.25, -0.2) is 0 Å². The van der Waals surface area contributed by atoms with Crippen molar-refractivity contribution in [1.29, 1.82) is 0 Å². The lowest BCUT2D eigenvalue weighted by molar-refractivity contribution is 0.0705. The van der Waals surface area contributed by atoms with Crippen molar-refractivity contribution in [3.63, 3.8) is 0 Å². The first-order valence-electron chi connectivity index (χ1n) is 11.1. The maximum atomic E-state index is 13.5. The lowest BCUT2D eigenvalue weighted by Crippen LogP contribution is -2.30. The first-order valence-corrected chi connectivity index (χ1v) is 11.5. The number of aryl methyl sites for hydroxylation is 1. The van der Waals surface area contributed by atoms with Crippen molar-refractivity contribution >= 4 is 29.0 Å². The second-order valence-corrected chi connectivity index (χ2v) is 8.76. The summed E-state index contributed by atoms with van der Waals surface area (Å²) < 4.78 is 12.7. The van der Waals surface area contributed by atoms with Crippen molar-refractivity contribution in [2.24, 2.45) is 0 Å². The molecule has 1 N–H and O–H groups in total. The van der Waals surface area contributed by atoms with Gasteiger partial charge in [0.15, 0.2) is 4.77 Å². The van der Waals surface area contributed by atoms with Gasteiger partial charge in [-0.15, -0.1) is 0 Å². The molecule has 5 aromatic rings. The zero-order chi connectivity index (χ0) is 24.5. The molecule has 0 atom stereocenters. The SMILES string of the molecule is Cc1cccc(-n2c(=S)[nH]c3cc(C(=O)N(Cc4ccco4)Cc4ccco4)ccc3c2=O)c1C. The second kappa shape index (κ2) is 9.23. The summed E-state index contributed by atoms with van der Waals surface area (Å²) in [5.41, 5.74) is 3.47. The van der Waals surface area contributed by atoms with Crippen LogP contribution >= 0.6 is 12.2 Å². The Hall–Kier alpha value is -4.17. The zero-order valence-corrected chi connectivity index (χ0v) is 20.1. The van der Waals surface area contributed by atoms with Crippen LogP contribution in [-0.4, -0.2) is 20.4 Å². The summed E-state index contributed by atoms with van der Waals surface area (Å²) in [5.74, 6) is 1.08. The maximum Gasteiger partial charge on any atom is 0.266 e. The van der Waals surface area contributed by atoms with Gasteiger partial charge in [0.1, 0.15) is 11.5 Å². The third-order valence-electron chi connectivity index (χ3n) is 6.10. The molecule has 7 nitrogen and oxygen atoms in total. The summed E-state index contributed by atoms with van der Waals surface area (Å²) in [6.07, 6.45) is 3.14. The fraction of sp³-hybridized carbons (Fsp3) is 0.148. The summed E-state index contributed by atoms with van der Waals surface area (Å²) in [7, 11) is 0. The average Bonchev–Trinajstić information content (AvgIpc) is 3.55. The zero-order valence-electron chi connectivity index (χ0n) is 19.3. The van der Waals surface area contributed by atoms with Crippen LogP contribution in [0.2, 0.25) is 0 Å². The number of amides is 1. The molecule has 0 aliphatic heterocycles. The summed E-state index contributed by atoms with van der Waals surface area (Å²) in [4.78, 5) is 31.7. The normalized spacial score (nSPS) is 11.1. The topological polar surface area (TPSA) is 84.4 Å². The number of carbonyl (C=O) groups excluding carboxylic acids is 1. The van der Waals surface area contributed by atoms with Crippen LogP contribution in [0.25, 0.3) is 16.6 Å². The van der Waals surface area contributed by atoms with Crippen molar-refractivity contribution in [2.75, 3.05) is 0 Å². The average molecular weight is 486 g/mol. The number of aromatic nitrogens is 2. The van der Waals surface area contributed by atoms with E-state index >= 15 is 0 Å². The van der Waals surface area contributed by atoms with E-state index < -0.39 is 0 Å². The fourth-order valence-corrected chi connectivity index (χ4v) is 4.40. The van der Waals surface area contributed by atoms with Crippen LogP contribution < -0.4 is 5.56 Å². The Morgan fingerprint density at radius 1 is 0.971 bits per heavy atom. The molecular weight excluding hydrogens is 462 g/mol. The fourth-order valence-electron chi connectivity index (χ4n) is 4.11. The van der Waals surface area contributed by atoms with Gasteiger partial charge in [-0.3, -0.25) is 14.2 Å². The van der Waals surface area contributed by atoms with Gasteiger partial charge in [0.25, 0.3) is 11.5 Å². The third kappa shape index (κ3) is 4.36. The molecule has 35 heavy (non-hydrogen) atoms. The molecule has 0 radical (unpaired) electrons. The minimum Gasteiger partial charge on any atom is -0.467 e. The Balaban J connectivity index is 1.55. The first kappa shape index (κ1) is 22.6. The summed E-state index contributed by atoms with van der Waals surface area (Å²) in [6, 6.07) is 17.9. The van der Waals surface area contributed by atoms with E-state index in [1.807, 2.05) is 44.2 Å². The van der Waals surface area contributed by atoms with Crippen LogP contribution in [0.4, 0.5) is 0 Å². The van der Waals surface area contributed by atoms with Crippen molar-refractivity contribution in [1.82, 2.24) is 14.5 Å². The van der Waals surface area contributed by atoms with Gasteiger partial charge in [-0.1, -0.05) is 12.1 Å². The Kier molecular flexibility index (Phi) is 5.96. The molecular formula is C27H23N3O4S. The van der Waals surface area contributed by atoms with Crippen molar-refractivity contribution in [3.05, 3.63) is 117 Å². The molecule has 5 rings (SSSR count). The van der Waals surface area contributed by atoms with E-state index in [-0.39, 0.29) is 29.3 Å². The van der Waals surface area contributed by atoms with Gasteiger partial charge >= 0.3 is 0 Å². The number of rotatable bonds is 6. The number of nitrogens with zero attached hydrogens (tertiary/aromatic N) is 2. The number of furan rings is 2. The molecule has 0 fully saturated rings. The maximum absolute atomic E-state index is 13.5. The third-order valence-corrected chi connectivity index (χ3v) is 6.39. The summed E-state index contributed by atoms with van der Waals surface area (Å²) in [5, 5.41) is 0.444. The molecule has 0 saturated carbocycles. The highest BCUT2D eigenvalue weighted by Crippen LogP contribution is 2.20. The molecule has 0 spiro atoms. The predicted octanol–water partition coefficient (Wildman–Crippen LogP) is 5.69. The van der Waals surface area contributed by atoms with E-state index in [1.165, 1.54) is 4.57 Å². The molecule has 3 heterocycles. The minimum absolute atomic E-state index is 0.224. The van der Waals surface area contributed by atoms with Crippen LogP contribution in [-0.2, 0) is 13.1 Å². The van der Waals surface area contributed by atoms with E-state index in [1.54, 1.807) is 47.8 Å². The van der Waals surface area contributed by atoms with E-state index in [0.717, 1.165) is 16.8 Å². The molecule has 0 saturated heterocycles. The lowest BCUT2D eigenvalue weighted by Gasteiger charge is -2.21. The number of fused-ring (bicyclic) bond motifs is 1. The molecule has 1 amide bonds. The van der Waals surface area contributed by atoms with Gasteiger partial charge < -0.3 is 18.7 Å². The molecule has 8 heteroatoms. The predicted molar refractivity (Wildman–Crippen MR) is 135 cm³/mol. The number of nitrogens with one attached hydrogen (secondary N) is 1. The van der Waals surface area contributed by atoms with Gasteiger partial charge in [0.05, 0.1) is 42.2 Å². The molecule has 176 valence electrons. The number of hydrogen-bond acceptors (Lipinski definition) is 5. The van der Waals surface area contributed by atoms with Gasteiger partial charge in [-0.2, -0.15) is 0 Å². The van der Waals surface area contributed by atoms with Gasteiger partial charge in [0.2, 0.25) is 0 Å². The Morgan fingerprint density at radius 2 is 1.66 bits per heavy atom. The second-order valence-electron chi connectivity index (χ2n) is 8.37. The van der Waals surface area contributed by atoms with Crippen molar-refractivity contribution in [2.45, 2.75) is 26.9 Å². The summed E-state index contributed by atoms with van der Waals surface area (Å²) in [6.45, 7) is 4.50. The molecule has 0 aliphatic carbocycles. The van der Waals surface area contributed by atoms with Crippen LogP contribution in [0.15, 0.2) is 86.8 Å². The van der Waals surface area contributed by atoms with E-state index in [2.05, 4.69) is 4.98 Å². The van der Waals surface area contributed by atoms with E-state index in [9.17, 15) is 9.59 Å². The highest BCUT2D eigenvalue weighted by Gasteiger charge is 2.20. The Bertz CT molecular complexity index is 1590. The lowest BCUT2D eigenvalue weighted by atomic mass is 10.1. The standard InChI is InChI=1S/C27H23N3O4S/c1-17-6-3-9-24(18(17)2)30-26(32)22-11-10-19(14-23(22)28-27(30)35)25(31)29(15-20-7-4-12-33-20)16-21-8-5-13-34-21/h3-14H,15-16H2,1-2H3,(H,28,35). The molecule has 2 aromatic carbocycles. The number of benzene rings is 2. The number of hydrogen-bond donors (Lipinski definition) is 1. The molecule has 0 aliphatic rings. The quantitative estimate of drug-likeness (QED) is 0.312. The summed E-state index contributed by atoms with van der Waals surface area (Å²) >= 11 is 5.55.